The fraction of sp³-hybridized carbons (Fsp3) is 0.727. The molecule has 0 bridgehead atoms. The first-order valence-corrected chi connectivity index (χ1v) is 8.99. The van der Waals surface area contributed by atoms with Gasteiger partial charge in [0.15, 0.2) is 0 Å². The summed E-state index contributed by atoms with van der Waals surface area (Å²) in [7, 11) is -3.44. The van der Waals surface area contributed by atoms with E-state index in [2.05, 4.69) is 9.82 Å². The van der Waals surface area contributed by atoms with Gasteiger partial charge in [-0.05, 0) is 18.6 Å². The number of nitrogens with one attached hydrogen (secondary N) is 1. The molecule has 2 rings (SSSR count). The zero-order chi connectivity index (χ0) is 13.7. The SMILES string of the molecule is NCCn1cc(S(=O)(=O)NCC2CCCCS2)cn1. The molecule has 1 unspecified atom stereocenters. The number of nitrogens with two attached hydrogens (primary N) is 1. The van der Waals surface area contributed by atoms with Crippen LogP contribution in [0.2, 0.25) is 0 Å². The maximum atomic E-state index is 12.1. The lowest BCUT2D eigenvalue weighted by atomic mass is 10.2. The molecule has 1 aliphatic heterocycles. The molecular formula is C11H20N4O2S2. The Morgan fingerprint density at radius 1 is 1.53 bits per heavy atom. The molecule has 0 radical (unpaired) electrons. The van der Waals surface area contributed by atoms with Crippen LogP contribution in [0.5, 0.6) is 0 Å². The third-order valence-corrected chi connectivity index (χ3v) is 5.83. The number of hydrogen-bond donors (Lipinski definition) is 2. The number of rotatable bonds is 6. The van der Waals surface area contributed by atoms with Crippen molar-refractivity contribution < 1.29 is 8.42 Å². The van der Waals surface area contributed by atoms with E-state index < -0.39 is 10.0 Å². The second kappa shape index (κ2) is 6.74. The van der Waals surface area contributed by atoms with Gasteiger partial charge >= 0.3 is 0 Å². The largest absolute Gasteiger partial charge is 0.329 e. The Hall–Kier alpha value is -0.570. The zero-order valence-corrected chi connectivity index (χ0v) is 12.4. The molecule has 1 fully saturated rings. The van der Waals surface area contributed by atoms with Gasteiger partial charge in [-0.2, -0.15) is 16.9 Å². The molecule has 108 valence electrons. The summed E-state index contributed by atoms with van der Waals surface area (Å²) >= 11 is 1.85. The number of sulfonamides is 1. The van der Waals surface area contributed by atoms with Gasteiger partial charge < -0.3 is 5.73 Å². The summed E-state index contributed by atoms with van der Waals surface area (Å²) in [5.74, 6) is 1.13. The molecule has 1 aromatic rings. The lowest BCUT2D eigenvalue weighted by Crippen LogP contribution is -2.31. The third-order valence-electron chi connectivity index (χ3n) is 3.05. The van der Waals surface area contributed by atoms with E-state index in [1.165, 1.54) is 25.2 Å². The summed E-state index contributed by atoms with van der Waals surface area (Å²) in [6.07, 6.45) is 6.39. The van der Waals surface area contributed by atoms with Crippen molar-refractivity contribution in [1.29, 1.82) is 0 Å². The van der Waals surface area contributed by atoms with E-state index in [4.69, 9.17) is 5.73 Å². The summed E-state index contributed by atoms with van der Waals surface area (Å²) < 4.78 is 28.4. The van der Waals surface area contributed by atoms with Gasteiger partial charge in [0.05, 0.1) is 12.7 Å². The Morgan fingerprint density at radius 2 is 2.37 bits per heavy atom. The number of nitrogens with zero attached hydrogens (tertiary/aromatic N) is 2. The van der Waals surface area contributed by atoms with Crippen LogP contribution < -0.4 is 10.5 Å². The van der Waals surface area contributed by atoms with Gasteiger partial charge in [-0.3, -0.25) is 4.68 Å². The van der Waals surface area contributed by atoms with Crippen LogP contribution in [0.15, 0.2) is 17.3 Å². The highest BCUT2D eigenvalue weighted by molar-refractivity contribution is 8.00. The van der Waals surface area contributed by atoms with Crippen LogP contribution in [-0.4, -0.2) is 42.3 Å². The quantitative estimate of drug-likeness (QED) is 0.794. The van der Waals surface area contributed by atoms with Crippen molar-refractivity contribution in [3.63, 3.8) is 0 Å². The molecule has 0 aliphatic carbocycles. The number of aromatic nitrogens is 2. The van der Waals surface area contributed by atoms with Crippen molar-refractivity contribution in [3.05, 3.63) is 12.4 Å². The molecule has 8 heteroatoms. The van der Waals surface area contributed by atoms with Gasteiger partial charge in [0.1, 0.15) is 4.90 Å². The number of hydrogen-bond acceptors (Lipinski definition) is 5. The fourth-order valence-electron chi connectivity index (χ4n) is 1.99. The lowest BCUT2D eigenvalue weighted by Gasteiger charge is -2.21. The second-order valence-corrected chi connectivity index (χ2v) is 7.74. The maximum absolute atomic E-state index is 12.1. The van der Waals surface area contributed by atoms with Crippen molar-refractivity contribution in [3.8, 4) is 0 Å². The van der Waals surface area contributed by atoms with Crippen LogP contribution in [0.3, 0.4) is 0 Å². The van der Waals surface area contributed by atoms with Crippen LogP contribution in [-0.2, 0) is 16.6 Å². The van der Waals surface area contributed by atoms with E-state index in [0.29, 0.717) is 24.9 Å². The molecule has 0 saturated carbocycles. The van der Waals surface area contributed by atoms with Crippen molar-refractivity contribution in [2.75, 3.05) is 18.8 Å². The Kier molecular flexibility index (Phi) is 5.26. The van der Waals surface area contributed by atoms with Crippen molar-refractivity contribution in [2.45, 2.75) is 36.0 Å². The average Bonchev–Trinajstić information content (AvgIpc) is 2.88. The molecule has 3 N–H and O–H groups in total. The van der Waals surface area contributed by atoms with Gasteiger partial charge in [0.25, 0.3) is 0 Å². The molecule has 2 heterocycles. The normalized spacial score (nSPS) is 20.6. The molecule has 1 aliphatic rings. The Bertz CT molecular complexity index is 495. The van der Waals surface area contributed by atoms with Crippen LogP contribution in [0.1, 0.15) is 19.3 Å². The van der Waals surface area contributed by atoms with Gasteiger partial charge in [-0.1, -0.05) is 6.42 Å². The molecule has 0 amide bonds. The van der Waals surface area contributed by atoms with Gasteiger partial charge in [0.2, 0.25) is 10.0 Å². The Labute approximate surface area is 118 Å². The minimum atomic E-state index is -3.44. The van der Waals surface area contributed by atoms with Crippen LogP contribution in [0.4, 0.5) is 0 Å². The first-order chi connectivity index (χ1) is 9.12. The monoisotopic (exact) mass is 304 g/mol. The number of thioether (sulfide) groups is 1. The Balaban J connectivity index is 1.92. The molecule has 1 aromatic heterocycles. The van der Waals surface area contributed by atoms with Gasteiger partial charge in [-0.25, -0.2) is 13.1 Å². The highest BCUT2D eigenvalue weighted by Gasteiger charge is 2.20. The smallest absolute Gasteiger partial charge is 0.243 e. The van der Waals surface area contributed by atoms with Crippen LogP contribution in [0, 0.1) is 0 Å². The third kappa shape index (κ3) is 4.20. The van der Waals surface area contributed by atoms with Crippen LogP contribution in [0.25, 0.3) is 0 Å². The lowest BCUT2D eigenvalue weighted by molar-refractivity contribution is 0.573. The summed E-state index contributed by atoms with van der Waals surface area (Å²) in [6, 6.07) is 0. The van der Waals surface area contributed by atoms with Gasteiger partial charge in [0, 0.05) is 24.5 Å². The van der Waals surface area contributed by atoms with E-state index in [-0.39, 0.29) is 4.90 Å². The average molecular weight is 304 g/mol. The molecular weight excluding hydrogens is 284 g/mol. The molecule has 6 nitrogen and oxygen atoms in total. The molecule has 0 aromatic carbocycles. The summed E-state index contributed by atoms with van der Waals surface area (Å²) in [4.78, 5) is 0.210. The second-order valence-electron chi connectivity index (χ2n) is 4.57. The summed E-state index contributed by atoms with van der Waals surface area (Å²) in [6.45, 7) is 1.45. The van der Waals surface area contributed by atoms with Crippen LogP contribution >= 0.6 is 11.8 Å². The first-order valence-electron chi connectivity index (χ1n) is 6.45. The predicted octanol–water partition coefficient (Wildman–Crippen LogP) is 0.406. The zero-order valence-electron chi connectivity index (χ0n) is 10.8. The topological polar surface area (TPSA) is 90.0 Å². The maximum Gasteiger partial charge on any atom is 0.243 e. The van der Waals surface area contributed by atoms with E-state index in [1.54, 1.807) is 4.68 Å². The van der Waals surface area contributed by atoms with Crippen molar-refractivity contribution >= 4 is 21.8 Å². The molecule has 19 heavy (non-hydrogen) atoms. The molecule has 0 spiro atoms. The first kappa shape index (κ1) is 14.8. The summed E-state index contributed by atoms with van der Waals surface area (Å²) in [5.41, 5.74) is 5.41. The van der Waals surface area contributed by atoms with E-state index in [1.807, 2.05) is 11.8 Å². The van der Waals surface area contributed by atoms with E-state index >= 15 is 0 Å². The van der Waals surface area contributed by atoms with E-state index in [0.717, 1.165) is 12.2 Å². The fourth-order valence-corrected chi connectivity index (χ4v) is 4.37. The predicted molar refractivity (Wildman–Crippen MR) is 76.6 cm³/mol. The highest BCUT2D eigenvalue weighted by Crippen LogP contribution is 2.24. The van der Waals surface area contributed by atoms with E-state index in [9.17, 15) is 8.42 Å². The minimum absolute atomic E-state index is 0.210. The minimum Gasteiger partial charge on any atom is -0.329 e. The molecule has 1 atom stereocenters. The molecule has 1 saturated heterocycles. The standard InChI is InChI=1S/C11H20N4O2S2/c12-4-5-15-9-11(8-13-15)19(16,17)14-7-10-3-1-2-6-18-10/h8-10,14H,1-7,12H2. The van der Waals surface area contributed by atoms with Crippen molar-refractivity contribution in [2.24, 2.45) is 5.73 Å². The van der Waals surface area contributed by atoms with Crippen molar-refractivity contribution in [1.82, 2.24) is 14.5 Å². The van der Waals surface area contributed by atoms with Gasteiger partial charge in [-0.15, -0.1) is 0 Å². The highest BCUT2D eigenvalue weighted by atomic mass is 32.2. The Morgan fingerprint density at radius 3 is 3.05 bits per heavy atom. The summed E-state index contributed by atoms with van der Waals surface area (Å²) in [5, 5.41) is 4.37.